The number of hydrogen-bond donors (Lipinski definition) is 2. The maximum Gasteiger partial charge on any atom is 0.0703 e. The Kier molecular flexibility index (Phi) is 3.74. The van der Waals surface area contributed by atoms with Crippen LogP contribution in [0.3, 0.4) is 0 Å². The van der Waals surface area contributed by atoms with Crippen LogP contribution in [-0.4, -0.2) is 41.2 Å². The van der Waals surface area contributed by atoms with Gasteiger partial charge in [0, 0.05) is 17.8 Å². The monoisotopic (exact) mass is 221 g/mol. The van der Waals surface area contributed by atoms with Crippen LogP contribution >= 0.6 is 0 Å². The minimum atomic E-state index is 0.0669. The average molecular weight is 221 g/mol. The Labute approximate surface area is 96.3 Å². The molecule has 2 N–H and O–H groups in total. The van der Waals surface area contributed by atoms with Crippen molar-refractivity contribution in [3.05, 3.63) is 24.0 Å². The molecule has 0 radical (unpaired) electrons. The average Bonchev–Trinajstić information content (AvgIpc) is 2.33. The number of hydrogen-bond acceptors (Lipinski definition) is 4. The van der Waals surface area contributed by atoms with E-state index in [0.29, 0.717) is 6.04 Å². The molecule has 0 aromatic carbocycles. The summed E-state index contributed by atoms with van der Waals surface area (Å²) < 4.78 is 0. The van der Waals surface area contributed by atoms with E-state index in [1.807, 2.05) is 6.07 Å². The highest BCUT2D eigenvalue weighted by atomic mass is 16.3. The van der Waals surface area contributed by atoms with Gasteiger partial charge in [0.1, 0.15) is 0 Å². The molecule has 0 amide bonds. The summed E-state index contributed by atoms with van der Waals surface area (Å²) in [5.41, 5.74) is 1.90. The van der Waals surface area contributed by atoms with E-state index in [1.54, 1.807) is 12.4 Å². The van der Waals surface area contributed by atoms with E-state index in [4.69, 9.17) is 0 Å². The van der Waals surface area contributed by atoms with Crippen LogP contribution in [0.4, 0.5) is 5.69 Å². The molecule has 88 valence electrons. The molecule has 0 saturated carbocycles. The smallest absolute Gasteiger partial charge is 0.0703 e. The highest BCUT2D eigenvalue weighted by Crippen LogP contribution is 2.18. The number of piperidine rings is 1. The number of aliphatic hydroxyl groups is 1. The Morgan fingerprint density at radius 3 is 2.94 bits per heavy atom. The van der Waals surface area contributed by atoms with Crippen molar-refractivity contribution in [1.82, 2.24) is 9.88 Å². The van der Waals surface area contributed by atoms with Crippen molar-refractivity contribution in [1.29, 1.82) is 0 Å². The Hall–Kier alpha value is -1.13. The number of likely N-dealkylation sites (tertiary alicyclic amines) is 1. The number of aliphatic hydroxyl groups excluding tert-OH is 1. The maximum atomic E-state index is 9.21. The van der Waals surface area contributed by atoms with Crippen LogP contribution in [0, 0.1) is 0 Å². The van der Waals surface area contributed by atoms with Gasteiger partial charge in [-0.15, -0.1) is 0 Å². The number of pyridine rings is 1. The fourth-order valence-electron chi connectivity index (χ4n) is 2.06. The highest BCUT2D eigenvalue weighted by molar-refractivity contribution is 5.49. The van der Waals surface area contributed by atoms with E-state index in [-0.39, 0.29) is 6.61 Å². The summed E-state index contributed by atoms with van der Waals surface area (Å²) in [6.07, 6.45) is 5.81. The van der Waals surface area contributed by atoms with Crippen LogP contribution < -0.4 is 5.32 Å². The third-order valence-corrected chi connectivity index (χ3v) is 3.16. The molecule has 0 unspecified atom stereocenters. The van der Waals surface area contributed by atoms with Crippen LogP contribution in [0.25, 0.3) is 0 Å². The van der Waals surface area contributed by atoms with Crippen LogP contribution in [0.1, 0.15) is 18.4 Å². The standard InChI is InChI=1S/C12H19N3O/c1-15-6-3-11(4-7-15)14-12-8-13-5-2-10(12)9-16/h2,5,8,11,14,16H,3-4,6-7,9H2,1H3. The van der Waals surface area contributed by atoms with Crippen LogP contribution in [0.2, 0.25) is 0 Å². The quantitative estimate of drug-likeness (QED) is 0.802. The first-order valence-electron chi connectivity index (χ1n) is 5.78. The minimum Gasteiger partial charge on any atom is -0.392 e. The van der Waals surface area contributed by atoms with Gasteiger partial charge in [-0.2, -0.15) is 0 Å². The zero-order chi connectivity index (χ0) is 11.4. The molecule has 1 aromatic rings. The minimum absolute atomic E-state index is 0.0669. The molecule has 0 atom stereocenters. The molecule has 1 aliphatic heterocycles. The number of rotatable bonds is 3. The van der Waals surface area contributed by atoms with E-state index in [9.17, 15) is 5.11 Å². The highest BCUT2D eigenvalue weighted by Gasteiger charge is 2.17. The lowest BCUT2D eigenvalue weighted by Crippen LogP contribution is -2.36. The van der Waals surface area contributed by atoms with Crippen molar-refractivity contribution in [2.45, 2.75) is 25.5 Å². The third-order valence-electron chi connectivity index (χ3n) is 3.16. The van der Waals surface area contributed by atoms with Gasteiger partial charge in [-0.3, -0.25) is 4.98 Å². The first kappa shape index (κ1) is 11.4. The maximum absolute atomic E-state index is 9.21. The molecular formula is C12H19N3O. The molecule has 0 aliphatic carbocycles. The number of nitrogens with one attached hydrogen (secondary N) is 1. The first-order chi connectivity index (χ1) is 7.79. The summed E-state index contributed by atoms with van der Waals surface area (Å²) in [4.78, 5) is 6.43. The fourth-order valence-corrected chi connectivity index (χ4v) is 2.06. The van der Waals surface area contributed by atoms with Crippen molar-refractivity contribution in [3.8, 4) is 0 Å². The Bertz CT molecular complexity index is 335. The predicted molar refractivity (Wildman–Crippen MR) is 64.3 cm³/mol. The summed E-state index contributed by atoms with van der Waals surface area (Å²) in [5.74, 6) is 0. The van der Waals surface area contributed by atoms with Gasteiger partial charge in [-0.1, -0.05) is 0 Å². The van der Waals surface area contributed by atoms with Gasteiger partial charge in [-0.25, -0.2) is 0 Å². The summed E-state index contributed by atoms with van der Waals surface area (Å²) >= 11 is 0. The molecular weight excluding hydrogens is 202 g/mol. The van der Waals surface area contributed by atoms with Gasteiger partial charge in [-0.05, 0) is 39.0 Å². The second-order valence-corrected chi connectivity index (χ2v) is 4.41. The lowest BCUT2D eigenvalue weighted by molar-refractivity contribution is 0.263. The molecule has 4 nitrogen and oxygen atoms in total. The molecule has 1 saturated heterocycles. The lowest BCUT2D eigenvalue weighted by Gasteiger charge is -2.30. The van der Waals surface area contributed by atoms with E-state index in [1.165, 1.54) is 0 Å². The van der Waals surface area contributed by atoms with Crippen molar-refractivity contribution >= 4 is 5.69 Å². The van der Waals surface area contributed by atoms with Crippen molar-refractivity contribution in [2.24, 2.45) is 0 Å². The second kappa shape index (κ2) is 5.27. The van der Waals surface area contributed by atoms with E-state index >= 15 is 0 Å². The summed E-state index contributed by atoms with van der Waals surface area (Å²) in [6, 6.07) is 2.36. The molecule has 4 heteroatoms. The zero-order valence-corrected chi connectivity index (χ0v) is 9.69. The summed E-state index contributed by atoms with van der Waals surface area (Å²) in [6.45, 7) is 2.33. The van der Waals surface area contributed by atoms with Crippen molar-refractivity contribution in [3.63, 3.8) is 0 Å². The topological polar surface area (TPSA) is 48.4 Å². The van der Waals surface area contributed by atoms with Crippen LogP contribution in [0.15, 0.2) is 18.5 Å². The first-order valence-corrected chi connectivity index (χ1v) is 5.78. The van der Waals surface area contributed by atoms with Crippen LogP contribution in [-0.2, 0) is 6.61 Å². The molecule has 0 spiro atoms. The second-order valence-electron chi connectivity index (χ2n) is 4.41. The van der Waals surface area contributed by atoms with Gasteiger partial charge in [0.2, 0.25) is 0 Å². The molecule has 1 aliphatic rings. The molecule has 1 aromatic heterocycles. The number of aromatic nitrogens is 1. The van der Waals surface area contributed by atoms with Gasteiger partial charge in [0.05, 0.1) is 18.5 Å². The van der Waals surface area contributed by atoms with E-state index in [2.05, 4.69) is 22.2 Å². The van der Waals surface area contributed by atoms with E-state index < -0.39 is 0 Å². The molecule has 2 heterocycles. The van der Waals surface area contributed by atoms with Crippen LogP contribution in [0.5, 0.6) is 0 Å². The van der Waals surface area contributed by atoms with Gasteiger partial charge in [0.25, 0.3) is 0 Å². The predicted octanol–water partition coefficient (Wildman–Crippen LogP) is 1.08. The van der Waals surface area contributed by atoms with Crippen molar-refractivity contribution in [2.75, 3.05) is 25.5 Å². The Morgan fingerprint density at radius 1 is 1.50 bits per heavy atom. The molecule has 16 heavy (non-hydrogen) atoms. The fraction of sp³-hybridized carbons (Fsp3) is 0.583. The SMILES string of the molecule is CN1CCC(Nc2cnccc2CO)CC1. The Balaban J connectivity index is 1.98. The molecule has 2 rings (SSSR count). The largest absolute Gasteiger partial charge is 0.392 e. The van der Waals surface area contributed by atoms with E-state index in [0.717, 1.165) is 37.2 Å². The zero-order valence-electron chi connectivity index (χ0n) is 9.69. The Morgan fingerprint density at radius 2 is 2.25 bits per heavy atom. The van der Waals surface area contributed by atoms with Gasteiger partial charge in [0.15, 0.2) is 0 Å². The molecule has 0 bridgehead atoms. The third kappa shape index (κ3) is 2.71. The summed E-state index contributed by atoms with van der Waals surface area (Å²) in [5, 5.41) is 12.7. The normalized spacial score (nSPS) is 18.6. The van der Waals surface area contributed by atoms with Gasteiger partial charge >= 0.3 is 0 Å². The lowest BCUT2D eigenvalue weighted by atomic mass is 10.0. The summed E-state index contributed by atoms with van der Waals surface area (Å²) in [7, 11) is 2.15. The molecule has 1 fully saturated rings. The number of nitrogens with zero attached hydrogens (tertiary/aromatic N) is 2. The number of anilines is 1. The van der Waals surface area contributed by atoms with Gasteiger partial charge < -0.3 is 15.3 Å². The van der Waals surface area contributed by atoms with Crippen molar-refractivity contribution < 1.29 is 5.11 Å².